The summed E-state index contributed by atoms with van der Waals surface area (Å²) in [6, 6.07) is 5.25. The minimum Gasteiger partial charge on any atom is -0.487 e. The van der Waals surface area contributed by atoms with Crippen LogP contribution in [-0.4, -0.2) is 12.1 Å². The largest absolute Gasteiger partial charge is 0.487 e. The van der Waals surface area contributed by atoms with Gasteiger partial charge in [0.25, 0.3) is 0 Å². The summed E-state index contributed by atoms with van der Waals surface area (Å²) in [5.41, 5.74) is 0.986. The van der Waals surface area contributed by atoms with Crippen LogP contribution in [0.15, 0.2) is 18.2 Å². The summed E-state index contributed by atoms with van der Waals surface area (Å²) in [4.78, 5) is 0. The third-order valence-corrected chi connectivity index (χ3v) is 4.95. The lowest BCUT2D eigenvalue weighted by atomic mass is 9.69. The standard InChI is InChI=1S/C18H26FNO/c1-4-20-16-11-18(9-12(2)7-13(3)10-18)21-17-8-14(19)5-6-15(16)17/h5-6,8,12-13,16,20H,4,7,9-11H2,1-3H3. The molecule has 0 saturated heterocycles. The van der Waals surface area contributed by atoms with Gasteiger partial charge in [-0.3, -0.25) is 0 Å². The first-order chi connectivity index (χ1) is 10.0. The van der Waals surface area contributed by atoms with Crippen LogP contribution in [-0.2, 0) is 0 Å². The Hall–Kier alpha value is -1.09. The minimum atomic E-state index is -0.210. The number of nitrogens with one attached hydrogen (secondary N) is 1. The highest BCUT2D eigenvalue weighted by atomic mass is 19.1. The van der Waals surface area contributed by atoms with Crippen LogP contribution in [0.1, 0.15) is 58.1 Å². The summed E-state index contributed by atoms with van der Waals surface area (Å²) >= 11 is 0. The third-order valence-electron chi connectivity index (χ3n) is 4.95. The Morgan fingerprint density at radius 2 is 1.95 bits per heavy atom. The van der Waals surface area contributed by atoms with Crippen LogP contribution >= 0.6 is 0 Å². The predicted octanol–water partition coefficient (Wildman–Crippen LogP) is 4.45. The summed E-state index contributed by atoms with van der Waals surface area (Å²) in [5.74, 6) is 1.88. The van der Waals surface area contributed by atoms with E-state index in [0.29, 0.717) is 11.8 Å². The van der Waals surface area contributed by atoms with Crippen molar-refractivity contribution in [3.8, 4) is 5.75 Å². The van der Waals surface area contributed by atoms with E-state index in [2.05, 4.69) is 26.1 Å². The van der Waals surface area contributed by atoms with Crippen molar-refractivity contribution >= 4 is 0 Å². The fourth-order valence-electron chi connectivity index (χ4n) is 4.53. The minimum absolute atomic E-state index is 0.120. The predicted molar refractivity (Wildman–Crippen MR) is 83.0 cm³/mol. The fourth-order valence-corrected chi connectivity index (χ4v) is 4.53. The highest BCUT2D eigenvalue weighted by Gasteiger charge is 2.45. The Labute approximate surface area is 127 Å². The average Bonchev–Trinajstić information content (AvgIpc) is 2.36. The number of hydrogen-bond donors (Lipinski definition) is 1. The molecule has 0 aromatic heterocycles. The fraction of sp³-hybridized carbons (Fsp3) is 0.667. The molecule has 3 atom stereocenters. The molecule has 3 unspecified atom stereocenters. The molecular formula is C18H26FNO. The van der Waals surface area contributed by atoms with E-state index in [4.69, 9.17) is 4.74 Å². The highest BCUT2D eigenvalue weighted by Crippen LogP contribution is 2.48. The molecule has 1 aromatic rings. The Kier molecular flexibility index (Phi) is 3.96. The monoisotopic (exact) mass is 291 g/mol. The second-order valence-corrected chi connectivity index (χ2v) is 7.14. The smallest absolute Gasteiger partial charge is 0.127 e. The molecule has 2 nitrogen and oxygen atoms in total. The summed E-state index contributed by atoms with van der Waals surface area (Å²) in [6.45, 7) is 7.66. The first-order valence-electron chi connectivity index (χ1n) is 8.23. The van der Waals surface area contributed by atoms with E-state index in [1.54, 1.807) is 6.07 Å². The van der Waals surface area contributed by atoms with Crippen molar-refractivity contribution in [2.45, 2.75) is 58.1 Å². The molecule has 0 radical (unpaired) electrons. The molecule has 3 heteroatoms. The first-order valence-corrected chi connectivity index (χ1v) is 8.23. The lowest BCUT2D eigenvalue weighted by Gasteiger charge is -2.48. The quantitative estimate of drug-likeness (QED) is 0.869. The van der Waals surface area contributed by atoms with Crippen molar-refractivity contribution in [1.29, 1.82) is 0 Å². The molecule has 3 rings (SSSR count). The molecule has 0 bridgehead atoms. The molecule has 1 fully saturated rings. The van der Waals surface area contributed by atoms with Gasteiger partial charge in [-0.1, -0.05) is 26.8 Å². The maximum absolute atomic E-state index is 13.6. The zero-order chi connectivity index (χ0) is 15.0. The molecule has 2 aliphatic rings. The average molecular weight is 291 g/mol. The topological polar surface area (TPSA) is 21.3 Å². The van der Waals surface area contributed by atoms with Gasteiger partial charge in [0.15, 0.2) is 0 Å². The van der Waals surface area contributed by atoms with Gasteiger partial charge in [0.2, 0.25) is 0 Å². The lowest BCUT2D eigenvalue weighted by molar-refractivity contribution is -0.0348. The molecule has 21 heavy (non-hydrogen) atoms. The second kappa shape index (κ2) is 5.60. The van der Waals surface area contributed by atoms with Gasteiger partial charge in [0.1, 0.15) is 17.2 Å². The van der Waals surface area contributed by atoms with Crippen molar-refractivity contribution in [1.82, 2.24) is 5.32 Å². The molecular weight excluding hydrogens is 265 g/mol. The zero-order valence-corrected chi connectivity index (χ0v) is 13.3. The molecule has 1 spiro atoms. The maximum Gasteiger partial charge on any atom is 0.127 e. The molecule has 1 N–H and O–H groups in total. The third kappa shape index (κ3) is 2.94. The lowest BCUT2D eigenvalue weighted by Crippen LogP contribution is -2.48. The molecule has 1 aliphatic carbocycles. The van der Waals surface area contributed by atoms with E-state index >= 15 is 0 Å². The Bertz CT molecular complexity index is 506. The normalized spacial score (nSPS) is 35.3. The van der Waals surface area contributed by atoms with Crippen molar-refractivity contribution < 1.29 is 9.13 Å². The Morgan fingerprint density at radius 1 is 1.24 bits per heavy atom. The van der Waals surface area contributed by atoms with Crippen LogP contribution in [0.5, 0.6) is 5.75 Å². The van der Waals surface area contributed by atoms with Gasteiger partial charge < -0.3 is 10.1 Å². The molecule has 1 heterocycles. The van der Waals surface area contributed by atoms with Gasteiger partial charge in [-0.25, -0.2) is 4.39 Å². The van der Waals surface area contributed by atoms with E-state index in [1.807, 2.05) is 6.07 Å². The number of fused-ring (bicyclic) bond motifs is 1. The molecule has 0 amide bonds. The van der Waals surface area contributed by atoms with Crippen LogP contribution in [0.2, 0.25) is 0 Å². The van der Waals surface area contributed by atoms with E-state index in [0.717, 1.165) is 37.1 Å². The van der Waals surface area contributed by atoms with Gasteiger partial charge in [-0.05, 0) is 43.7 Å². The van der Waals surface area contributed by atoms with Crippen LogP contribution in [0, 0.1) is 17.7 Å². The van der Waals surface area contributed by atoms with Crippen molar-refractivity contribution in [2.75, 3.05) is 6.54 Å². The van der Waals surface area contributed by atoms with Crippen molar-refractivity contribution in [2.24, 2.45) is 11.8 Å². The molecule has 116 valence electrons. The number of benzene rings is 1. The van der Waals surface area contributed by atoms with Crippen molar-refractivity contribution in [3.05, 3.63) is 29.6 Å². The van der Waals surface area contributed by atoms with E-state index in [-0.39, 0.29) is 17.5 Å². The van der Waals surface area contributed by atoms with Crippen LogP contribution in [0.3, 0.4) is 0 Å². The van der Waals surface area contributed by atoms with Crippen LogP contribution < -0.4 is 10.1 Å². The summed E-state index contributed by atoms with van der Waals surface area (Å²) in [7, 11) is 0. The van der Waals surface area contributed by atoms with Gasteiger partial charge in [-0.2, -0.15) is 0 Å². The Morgan fingerprint density at radius 3 is 2.62 bits per heavy atom. The first kappa shape index (κ1) is 14.8. The Balaban J connectivity index is 1.95. The second-order valence-electron chi connectivity index (χ2n) is 7.14. The SMILES string of the molecule is CCNC1CC2(CC(C)CC(C)C2)Oc2cc(F)ccc21. The summed E-state index contributed by atoms with van der Waals surface area (Å²) in [5, 5.41) is 3.56. The molecule has 1 aromatic carbocycles. The van der Waals surface area contributed by atoms with E-state index < -0.39 is 0 Å². The van der Waals surface area contributed by atoms with Crippen LogP contribution in [0.4, 0.5) is 4.39 Å². The summed E-state index contributed by atoms with van der Waals surface area (Å²) < 4.78 is 20.0. The maximum atomic E-state index is 13.6. The van der Waals surface area contributed by atoms with Crippen molar-refractivity contribution in [3.63, 3.8) is 0 Å². The van der Waals surface area contributed by atoms with E-state index in [9.17, 15) is 4.39 Å². The van der Waals surface area contributed by atoms with Gasteiger partial charge >= 0.3 is 0 Å². The van der Waals surface area contributed by atoms with E-state index in [1.165, 1.54) is 12.5 Å². The highest BCUT2D eigenvalue weighted by molar-refractivity contribution is 5.39. The molecule has 1 aliphatic heterocycles. The van der Waals surface area contributed by atoms with Crippen LogP contribution in [0.25, 0.3) is 0 Å². The summed E-state index contributed by atoms with van der Waals surface area (Å²) in [6.07, 6.45) is 4.42. The zero-order valence-electron chi connectivity index (χ0n) is 13.3. The number of ether oxygens (including phenoxy) is 1. The number of rotatable bonds is 2. The number of halogens is 1. The van der Waals surface area contributed by atoms with Gasteiger partial charge in [0.05, 0.1) is 0 Å². The number of hydrogen-bond acceptors (Lipinski definition) is 2. The molecule has 1 saturated carbocycles. The van der Waals surface area contributed by atoms with Gasteiger partial charge in [-0.15, -0.1) is 0 Å². The van der Waals surface area contributed by atoms with Gasteiger partial charge in [0, 0.05) is 24.1 Å².